The van der Waals surface area contributed by atoms with Gasteiger partial charge in [-0.25, -0.2) is 0 Å². The van der Waals surface area contributed by atoms with E-state index in [-0.39, 0.29) is 0 Å². The van der Waals surface area contributed by atoms with E-state index in [1.54, 1.807) is 6.21 Å². The fraction of sp³-hybridized carbons (Fsp3) is 0.138. The van der Waals surface area contributed by atoms with E-state index in [0.29, 0.717) is 31.3 Å². The highest BCUT2D eigenvalue weighted by molar-refractivity contribution is 5.80. The Hall–Kier alpha value is -4.05. The number of benzene rings is 4. The molecule has 0 heterocycles. The largest absolute Gasteiger partial charge is 0.485 e. The highest BCUT2D eigenvalue weighted by Crippen LogP contribution is 2.29. The molecule has 0 spiro atoms. The first-order valence-corrected chi connectivity index (χ1v) is 10.9. The molecule has 4 aromatic carbocycles. The Morgan fingerprint density at radius 3 is 1.82 bits per heavy atom. The summed E-state index contributed by atoms with van der Waals surface area (Å²) in [6.07, 6.45) is 1.69. The maximum Gasteiger partial charge on any atom is 0.162 e. The van der Waals surface area contributed by atoms with E-state index < -0.39 is 0 Å². The van der Waals surface area contributed by atoms with Gasteiger partial charge in [0, 0.05) is 5.56 Å². The van der Waals surface area contributed by atoms with Crippen molar-refractivity contribution >= 4 is 6.21 Å². The Kier molecular flexibility index (Phi) is 7.74. The molecule has 0 radical (unpaired) electrons. The maximum absolute atomic E-state index is 6.11. The second kappa shape index (κ2) is 11.5. The minimum absolute atomic E-state index is 0.423. The third kappa shape index (κ3) is 6.97. The predicted molar refractivity (Wildman–Crippen MR) is 132 cm³/mol. The lowest BCUT2D eigenvalue weighted by atomic mass is 10.2. The second-order valence-electron chi connectivity index (χ2n) is 7.75. The molecule has 0 aromatic heterocycles. The lowest BCUT2D eigenvalue weighted by Crippen LogP contribution is -2.01. The van der Waals surface area contributed by atoms with Crippen LogP contribution in [0.25, 0.3) is 0 Å². The van der Waals surface area contributed by atoms with Crippen LogP contribution in [-0.2, 0) is 24.7 Å². The smallest absolute Gasteiger partial charge is 0.162 e. The van der Waals surface area contributed by atoms with Gasteiger partial charge in [-0.1, -0.05) is 95.6 Å². The van der Waals surface area contributed by atoms with Gasteiger partial charge in [-0.15, -0.1) is 0 Å². The molecule has 4 rings (SSSR count). The number of oxime groups is 1. The Morgan fingerprint density at radius 1 is 0.606 bits per heavy atom. The normalized spacial score (nSPS) is 10.8. The van der Waals surface area contributed by atoms with Gasteiger partial charge in [0.15, 0.2) is 11.5 Å². The molecule has 0 amide bonds. The Morgan fingerprint density at radius 2 is 1.18 bits per heavy atom. The molecule has 0 saturated heterocycles. The summed E-state index contributed by atoms with van der Waals surface area (Å²) in [4.78, 5) is 5.47. The van der Waals surface area contributed by atoms with E-state index in [2.05, 4.69) is 24.2 Å². The third-order valence-electron chi connectivity index (χ3n) is 5.07. The van der Waals surface area contributed by atoms with Crippen LogP contribution in [0.4, 0.5) is 0 Å². The molecule has 0 N–H and O–H groups in total. The summed E-state index contributed by atoms with van der Waals surface area (Å²) in [7, 11) is 0. The number of aryl methyl sites for hydroxylation is 1. The topological polar surface area (TPSA) is 40.0 Å². The predicted octanol–water partition coefficient (Wildman–Crippen LogP) is 6.70. The summed E-state index contributed by atoms with van der Waals surface area (Å²) < 4.78 is 12.2. The molecule has 33 heavy (non-hydrogen) atoms. The number of hydrogen-bond donors (Lipinski definition) is 0. The SMILES string of the molecule is Cc1ccc(CON=Cc2ccc(OCc3ccccc3)c(OCc3ccccc3)c2)cc1. The number of hydrogen-bond acceptors (Lipinski definition) is 4. The lowest BCUT2D eigenvalue weighted by molar-refractivity contribution is 0.132. The quantitative estimate of drug-likeness (QED) is 0.205. The van der Waals surface area contributed by atoms with E-state index >= 15 is 0 Å². The van der Waals surface area contributed by atoms with Gasteiger partial charge >= 0.3 is 0 Å². The summed E-state index contributed by atoms with van der Waals surface area (Å²) in [6.45, 7) is 3.41. The van der Waals surface area contributed by atoms with Crippen molar-refractivity contribution in [3.8, 4) is 11.5 Å². The third-order valence-corrected chi connectivity index (χ3v) is 5.07. The van der Waals surface area contributed by atoms with E-state index in [1.807, 2.05) is 91.0 Å². The molecule has 0 atom stereocenters. The first-order chi connectivity index (χ1) is 16.3. The molecule has 0 aliphatic carbocycles. The van der Waals surface area contributed by atoms with Crippen molar-refractivity contribution in [3.63, 3.8) is 0 Å². The van der Waals surface area contributed by atoms with Crippen LogP contribution in [0.1, 0.15) is 27.8 Å². The van der Waals surface area contributed by atoms with Gasteiger partial charge in [0.25, 0.3) is 0 Å². The van der Waals surface area contributed by atoms with Crippen LogP contribution in [0.2, 0.25) is 0 Å². The number of nitrogens with zero attached hydrogens (tertiary/aromatic N) is 1. The van der Waals surface area contributed by atoms with Crippen molar-refractivity contribution in [3.05, 3.63) is 131 Å². The maximum atomic E-state index is 6.11. The van der Waals surface area contributed by atoms with Crippen molar-refractivity contribution < 1.29 is 14.3 Å². The Bertz CT molecular complexity index is 1160. The van der Waals surface area contributed by atoms with Crippen LogP contribution in [0.15, 0.2) is 108 Å². The van der Waals surface area contributed by atoms with Crippen LogP contribution in [0.5, 0.6) is 11.5 Å². The van der Waals surface area contributed by atoms with E-state index in [0.717, 1.165) is 22.3 Å². The molecule has 4 aromatic rings. The van der Waals surface area contributed by atoms with Crippen LogP contribution >= 0.6 is 0 Å². The molecular formula is C29H27NO3. The Labute approximate surface area is 195 Å². The minimum atomic E-state index is 0.423. The molecule has 4 nitrogen and oxygen atoms in total. The molecule has 0 fully saturated rings. The van der Waals surface area contributed by atoms with E-state index in [4.69, 9.17) is 14.3 Å². The average Bonchev–Trinajstić information content (AvgIpc) is 2.87. The van der Waals surface area contributed by atoms with Crippen molar-refractivity contribution in [1.29, 1.82) is 0 Å². The molecule has 166 valence electrons. The highest BCUT2D eigenvalue weighted by atomic mass is 16.6. The standard InChI is InChI=1S/C29H27NO3/c1-23-12-14-26(15-13-23)22-33-30-19-27-16-17-28(31-20-24-8-4-2-5-9-24)29(18-27)32-21-25-10-6-3-7-11-25/h2-19H,20-22H2,1H3. The summed E-state index contributed by atoms with van der Waals surface area (Å²) in [5, 5.41) is 4.12. The molecule has 0 bridgehead atoms. The van der Waals surface area contributed by atoms with Gasteiger partial charge in [0.2, 0.25) is 0 Å². The molecule has 0 aliphatic heterocycles. The molecule has 4 heteroatoms. The van der Waals surface area contributed by atoms with Gasteiger partial charge in [-0.3, -0.25) is 0 Å². The molecule has 0 aliphatic rings. The van der Waals surface area contributed by atoms with Crippen LogP contribution in [0.3, 0.4) is 0 Å². The summed E-state index contributed by atoms with van der Waals surface area (Å²) in [6, 6.07) is 34.1. The monoisotopic (exact) mass is 437 g/mol. The van der Waals surface area contributed by atoms with Crippen molar-refractivity contribution in [2.24, 2.45) is 5.16 Å². The van der Waals surface area contributed by atoms with Crippen molar-refractivity contribution in [1.82, 2.24) is 0 Å². The average molecular weight is 438 g/mol. The first-order valence-electron chi connectivity index (χ1n) is 10.9. The van der Waals surface area contributed by atoms with Gasteiger partial charge in [0.05, 0.1) is 6.21 Å². The molecule has 0 unspecified atom stereocenters. The number of rotatable bonds is 10. The van der Waals surface area contributed by atoms with Crippen LogP contribution < -0.4 is 9.47 Å². The zero-order valence-electron chi connectivity index (χ0n) is 18.7. The van der Waals surface area contributed by atoms with Gasteiger partial charge in [-0.2, -0.15) is 0 Å². The van der Waals surface area contributed by atoms with Crippen LogP contribution in [0, 0.1) is 6.92 Å². The van der Waals surface area contributed by atoms with Crippen LogP contribution in [-0.4, -0.2) is 6.21 Å². The fourth-order valence-electron chi connectivity index (χ4n) is 3.20. The van der Waals surface area contributed by atoms with E-state index in [9.17, 15) is 0 Å². The summed E-state index contributed by atoms with van der Waals surface area (Å²) in [5.41, 5.74) is 5.36. The molecule has 0 saturated carbocycles. The molecular weight excluding hydrogens is 410 g/mol. The summed E-state index contributed by atoms with van der Waals surface area (Å²) in [5.74, 6) is 1.35. The first kappa shape index (κ1) is 22.2. The fourth-order valence-corrected chi connectivity index (χ4v) is 3.20. The van der Waals surface area contributed by atoms with Crippen molar-refractivity contribution in [2.75, 3.05) is 0 Å². The highest BCUT2D eigenvalue weighted by Gasteiger charge is 2.08. The zero-order valence-corrected chi connectivity index (χ0v) is 18.7. The zero-order chi connectivity index (χ0) is 22.7. The minimum Gasteiger partial charge on any atom is -0.485 e. The lowest BCUT2D eigenvalue weighted by Gasteiger charge is -2.14. The van der Waals surface area contributed by atoms with Gasteiger partial charge in [-0.05, 0) is 41.8 Å². The van der Waals surface area contributed by atoms with Gasteiger partial charge < -0.3 is 14.3 Å². The second-order valence-corrected chi connectivity index (χ2v) is 7.75. The number of ether oxygens (including phenoxy) is 2. The van der Waals surface area contributed by atoms with E-state index in [1.165, 1.54) is 5.56 Å². The summed E-state index contributed by atoms with van der Waals surface area (Å²) >= 11 is 0. The van der Waals surface area contributed by atoms with Crippen molar-refractivity contribution in [2.45, 2.75) is 26.7 Å². The van der Waals surface area contributed by atoms with Gasteiger partial charge in [0.1, 0.15) is 19.8 Å². The Balaban J connectivity index is 1.43.